The molecular weight excluding hydrogens is 196 g/mol. The van der Waals surface area contributed by atoms with Crippen molar-refractivity contribution in [3.05, 3.63) is 72.9 Å². The molecule has 0 saturated carbocycles. The van der Waals surface area contributed by atoms with Crippen molar-refractivity contribution in [3.8, 4) is 0 Å². The van der Waals surface area contributed by atoms with Gasteiger partial charge in [-0.2, -0.15) is 0 Å². The highest BCUT2D eigenvalue weighted by atomic mass is 16.5. The highest BCUT2D eigenvalue weighted by Gasteiger charge is 1.76. The van der Waals surface area contributed by atoms with Crippen molar-refractivity contribution in [3.63, 3.8) is 0 Å². The van der Waals surface area contributed by atoms with Crippen LogP contribution in [0.15, 0.2) is 72.9 Å². The zero-order chi connectivity index (χ0) is 12.1. The maximum Gasteiger partial charge on any atom is 0.0646 e. The summed E-state index contributed by atoms with van der Waals surface area (Å²) in [6, 6.07) is 12.0. The first-order valence-electron chi connectivity index (χ1n) is 5.26. The molecule has 0 aliphatic carbocycles. The molecule has 0 saturated heterocycles. The Bertz CT molecular complexity index is 283. The second kappa shape index (κ2) is 11.5. The van der Waals surface area contributed by atoms with Gasteiger partial charge in [0.2, 0.25) is 0 Å². The van der Waals surface area contributed by atoms with Gasteiger partial charge in [-0.1, -0.05) is 72.9 Å². The predicted octanol–water partition coefficient (Wildman–Crippen LogP) is 4.01. The summed E-state index contributed by atoms with van der Waals surface area (Å²) in [6.45, 7) is 6.28. The third-order valence-corrected chi connectivity index (χ3v) is 1.69. The summed E-state index contributed by atoms with van der Waals surface area (Å²) in [5.74, 6) is 0. The Kier molecular flexibility index (Phi) is 10.3. The van der Waals surface area contributed by atoms with Crippen LogP contribution in [-0.2, 0) is 4.74 Å². The van der Waals surface area contributed by atoms with Crippen LogP contribution < -0.4 is 0 Å². The van der Waals surface area contributed by atoms with Crippen LogP contribution in [0.25, 0.3) is 0 Å². The zero-order valence-corrected chi connectivity index (χ0v) is 10.1. The molecule has 0 unspecified atom stereocenters. The second-order valence-electron chi connectivity index (χ2n) is 3.16. The summed E-state index contributed by atoms with van der Waals surface area (Å²) in [5.41, 5.74) is 1.19. The quantitative estimate of drug-likeness (QED) is 0.691. The first kappa shape index (κ1) is 14.4. The van der Waals surface area contributed by atoms with Crippen LogP contribution >= 0.6 is 0 Å². The van der Waals surface area contributed by atoms with E-state index in [4.69, 9.17) is 4.74 Å². The molecule has 1 aromatic carbocycles. The molecule has 0 atom stereocenters. The molecule has 0 aliphatic rings. The molecule has 0 heterocycles. The van der Waals surface area contributed by atoms with E-state index in [1.807, 2.05) is 61.5 Å². The molecule has 0 amide bonds. The average Bonchev–Trinajstić information content (AvgIpc) is 2.33. The van der Waals surface area contributed by atoms with E-state index in [0.717, 1.165) is 0 Å². The van der Waals surface area contributed by atoms with Crippen molar-refractivity contribution in [1.82, 2.24) is 0 Å². The number of methoxy groups -OCH3 is 1. The normalized spacial score (nSPS) is 10.8. The Balaban J connectivity index is 0.000000315. The van der Waals surface area contributed by atoms with Gasteiger partial charge in [0.15, 0.2) is 0 Å². The summed E-state index contributed by atoms with van der Waals surface area (Å²) in [6.07, 6.45) is 7.69. The molecule has 86 valence electrons. The molecule has 0 N–H and O–H groups in total. The SMILES string of the molecule is C=C/C=C(C)\C=C/COC.c1ccccc1. The van der Waals surface area contributed by atoms with Crippen LogP contribution in [0, 0.1) is 0 Å². The average molecular weight is 216 g/mol. The summed E-state index contributed by atoms with van der Waals surface area (Å²) >= 11 is 0. The Labute approximate surface area is 98.8 Å². The third kappa shape index (κ3) is 10.5. The monoisotopic (exact) mass is 216 g/mol. The molecule has 1 heteroatoms. The van der Waals surface area contributed by atoms with E-state index >= 15 is 0 Å². The molecule has 1 rings (SSSR count). The van der Waals surface area contributed by atoms with Crippen LogP contribution in [0.1, 0.15) is 6.92 Å². The number of ether oxygens (including phenoxy) is 1. The van der Waals surface area contributed by atoms with E-state index in [-0.39, 0.29) is 0 Å². The maximum atomic E-state index is 4.83. The Morgan fingerprint density at radius 2 is 1.62 bits per heavy atom. The van der Waals surface area contributed by atoms with Gasteiger partial charge in [-0.15, -0.1) is 0 Å². The number of allylic oxidation sites excluding steroid dienone is 4. The number of benzene rings is 1. The fourth-order valence-electron chi connectivity index (χ4n) is 0.957. The number of hydrogen-bond acceptors (Lipinski definition) is 1. The van der Waals surface area contributed by atoms with E-state index in [1.54, 1.807) is 13.2 Å². The largest absolute Gasteiger partial charge is 0.381 e. The van der Waals surface area contributed by atoms with Gasteiger partial charge in [0.25, 0.3) is 0 Å². The van der Waals surface area contributed by atoms with Crippen LogP contribution in [0.2, 0.25) is 0 Å². The molecule has 0 spiro atoms. The van der Waals surface area contributed by atoms with Crippen molar-refractivity contribution < 1.29 is 4.74 Å². The van der Waals surface area contributed by atoms with Crippen molar-refractivity contribution >= 4 is 0 Å². The molecule has 0 bridgehead atoms. The lowest BCUT2D eigenvalue weighted by Crippen LogP contribution is -1.80. The van der Waals surface area contributed by atoms with Gasteiger partial charge in [-0.25, -0.2) is 0 Å². The van der Waals surface area contributed by atoms with Crippen molar-refractivity contribution in [2.24, 2.45) is 0 Å². The first-order chi connectivity index (χ1) is 7.81. The standard InChI is InChI=1S/C9H14O.C6H6/c1-4-6-9(2)7-5-8-10-3;1-2-4-6-5-3-1/h4-7H,1,8H2,2-3H3;1-6H/b7-5-,9-6-;. The number of hydrogen-bond donors (Lipinski definition) is 0. The van der Waals surface area contributed by atoms with Crippen molar-refractivity contribution in [2.75, 3.05) is 13.7 Å². The summed E-state index contributed by atoms with van der Waals surface area (Å²) in [7, 11) is 1.68. The molecule has 16 heavy (non-hydrogen) atoms. The van der Waals surface area contributed by atoms with Crippen LogP contribution in [-0.4, -0.2) is 13.7 Å². The fourth-order valence-corrected chi connectivity index (χ4v) is 0.957. The number of rotatable bonds is 4. The van der Waals surface area contributed by atoms with E-state index in [9.17, 15) is 0 Å². The van der Waals surface area contributed by atoms with Crippen LogP contribution in [0.3, 0.4) is 0 Å². The van der Waals surface area contributed by atoms with E-state index in [0.29, 0.717) is 6.61 Å². The lowest BCUT2D eigenvalue weighted by Gasteiger charge is -1.88. The van der Waals surface area contributed by atoms with Gasteiger partial charge in [0, 0.05) is 7.11 Å². The van der Waals surface area contributed by atoms with E-state index in [2.05, 4.69) is 6.58 Å². The Hall–Kier alpha value is -1.60. The maximum absolute atomic E-state index is 4.83. The molecule has 1 nitrogen and oxygen atoms in total. The minimum Gasteiger partial charge on any atom is -0.381 e. The van der Waals surface area contributed by atoms with Gasteiger partial charge < -0.3 is 4.74 Å². The lowest BCUT2D eigenvalue weighted by atomic mass is 10.2. The Morgan fingerprint density at radius 3 is 2.00 bits per heavy atom. The molecule has 0 aromatic heterocycles. The van der Waals surface area contributed by atoms with E-state index < -0.39 is 0 Å². The van der Waals surface area contributed by atoms with Crippen molar-refractivity contribution in [2.45, 2.75) is 6.92 Å². The second-order valence-corrected chi connectivity index (χ2v) is 3.16. The minimum atomic E-state index is 0.669. The van der Waals surface area contributed by atoms with Crippen LogP contribution in [0.4, 0.5) is 0 Å². The fraction of sp³-hybridized carbons (Fsp3) is 0.200. The third-order valence-electron chi connectivity index (χ3n) is 1.69. The van der Waals surface area contributed by atoms with Crippen LogP contribution in [0.5, 0.6) is 0 Å². The highest BCUT2D eigenvalue weighted by Crippen LogP contribution is 1.93. The van der Waals surface area contributed by atoms with Gasteiger partial charge in [-0.3, -0.25) is 0 Å². The summed E-state index contributed by atoms with van der Waals surface area (Å²) in [4.78, 5) is 0. The van der Waals surface area contributed by atoms with Crippen molar-refractivity contribution in [1.29, 1.82) is 0 Å². The first-order valence-corrected chi connectivity index (χ1v) is 5.26. The topological polar surface area (TPSA) is 9.23 Å². The molecule has 0 fully saturated rings. The molecule has 0 aliphatic heterocycles. The molecular formula is C15H20O. The zero-order valence-electron chi connectivity index (χ0n) is 10.1. The molecule has 1 aromatic rings. The van der Waals surface area contributed by atoms with Gasteiger partial charge in [0.1, 0.15) is 0 Å². The summed E-state index contributed by atoms with van der Waals surface area (Å²) in [5, 5.41) is 0. The van der Waals surface area contributed by atoms with E-state index in [1.165, 1.54) is 5.57 Å². The summed E-state index contributed by atoms with van der Waals surface area (Å²) < 4.78 is 4.83. The molecule has 0 radical (unpaired) electrons. The van der Waals surface area contributed by atoms with Gasteiger partial charge in [0.05, 0.1) is 6.61 Å². The Morgan fingerprint density at radius 1 is 1.12 bits per heavy atom. The van der Waals surface area contributed by atoms with Gasteiger partial charge in [-0.05, 0) is 6.92 Å². The van der Waals surface area contributed by atoms with Gasteiger partial charge >= 0.3 is 0 Å². The predicted molar refractivity (Wildman–Crippen MR) is 71.4 cm³/mol. The highest BCUT2D eigenvalue weighted by molar-refractivity contribution is 5.20. The smallest absolute Gasteiger partial charge is 0.0646 e. The minimum absolute atomic E-state index is 0.669. The lowest BCUT2D eigenvalue weighted by molar-refractivity contribution is 0.234.